The normalized spacial score (nSPS) is 11.8. The van der Waals surface area contributed by atoms with Gasteiger partial charge in [0.1, 0.15) is 5.82 Å². The van der Waals surface area contributed by atoms with Gasteiger partial charge in [-0.25, -0.2) is 8.78 Å². The molecule has 8 heteroatoms. The minimum Gasteiger partial charge on any atom is -0.448 e. The van der Waals surface area contributed by atoms with Crippen LogP contribution in [-0.2, 0) is 12.7 Å². The zero-order chi connectivity index (χ0) is 19.1. The van der Waals surface area contributed by atoms with Gasteiger partial charge in [-0.2, -0.15) is 13.2 Å². The number of rotatable bonds is 3. The molecular formula is C18H12F5NO2. The van der Waals surface area contributed by atoms with Crippen molar-refractivity contribution in [1.29, 1.82) is 0 Å². The Labute approximate surface area is 144 Å². The molecule has 0 aliphatic carbocycles. The van der Waals surface area contributed by atoms with E-state index in [0.717, 1.165) is 12.1 Å². The molecule has 3 rings (SSSR count). The largest absolute Gasteiger partial charge is 0.448 e. The quantitative estimate of drug-likeness (QED) is 0.663. The van der Waals surface area contributed by atoms with Gasteiger partial charge < -0.3 is 9.73 Å². The molecule has 0 aliphatic rings. The van der Waals surface area contributed by atoms with Gasteiger partial charge in [-0.1, -0.05) is 18.2 Å². The van der Waals surface area contributed by atoms with Gasteiger partial charge in [0.25, 0.3) is 5.91 Å². The summed E-state index contributed by atoms with van der Waals surface area (Å²) < 4.78 is 71.0. The van der Waals surface area contributed by atoms with Crippen molar-refractivity contribution in [2.45, 2.75) is 19.6 Å². The van der Waals surface area contributed by atoms with Crippen LogP contribution < -0.4 is 5.32 Å². The number of benzene rings is 2. The van der Waals surface area contributed by atoms with Crippen LogP contribution in [0.4, 0.5) is 22.0 Å². The SMILES string of the molecule is Cc1c(C(=O)NCc2ccc(F)cc2C(F)(F)F)oc2c(F)cccc12. The van der Waals surface area contributed by atoms with Gasteiger partial charge in [-0.3, -0.25) is 4.79 Å². The molecule has 0 bridgehead atoms. The summed E-state index contributed by atoms with van der Waals surface area (Å²) in [5.41, 5.74) is -1.21. The standard InChI is InChI=1S/C18H12F5NO2/c1-9-12-3-2-4-14(20)16(12)26-15(9)17(25)24-8-10-5-6-11(19)7-13(10)18(21,22)23/h2-7H,8H2,1H3,(H,24,25). The predicted octanol–water partition coefficient (Wildman–Crippen LogP) is 4.97. The summed E-state index contributed by atoms with van der Waals surface area (Å²) in [7, 11) is 0. The lowest BCUT2D eigenvalue weighted by Gasteiger charge is -2.13. The van der Waals surface area contributed by atoms with Gasteiger partial charge in [0, 0.05) is 17.5 Å². The van der Waals surface area contributed by atoms with E-state index in [1.165, 1.54) is 12.1 Å². The number of fused-ring (bicyclic) bond motifs is 1. The summed E-state index contributed by atoms with van der Waals surface area (Å²) in [4.78, 5) is 12.3. The Bertz CT molecular complexity index is 991. The number of nitrogens with one attached hydrogen (secondary N) is 1. The Morgan fingerprint density at radius 2 is 1.88 bits per heavy atom. The molecule has 1 heterocycles. The number of hydrogen-bond acceptors (Lipinski definition) is 2. The number of carbonyl (C=O) groups excluding carboxylic acids is 1. The van der Waals surface area contributed by atoms with E-state index in [1.54, 1.807) is 13.0 Å². The Balaban J connectivity index is 1.87. The molecule has 1 aromatic heterocycles. The molecule has 136 valence electrons. The maximum Gasteiger partial charge on any atom is 0.416 e. The van der Waals surface area contributed by atoms with Crippen molar-refractivity contribution < 1.29 is 31.2 Å². The van der Waals surface area contributed by atoms with Crippen LogP contribution in [0, 0.1) is 18.6 Å². The molecule has 0 atom stereocenters. The molecule has 0 aliphatic heterocycles. The lowest BCUT2D eigenvalue weighted by molar-refractivity contribution is -0.138. The fourth-order valence-corrected chi connectivity index (χ4v) is 2.65. The van der Waals surface area contributed by atoms with Crippen molar-refractivity contribution in [2.75, 3.05) is 0 Å². The first-order chi connectivity index (χ1) is 12.2. The first kappa shape index (κ1) is 17.9. The van der Waals surface area contributed by atoms with Crippen LogP contribution in [0.25, 0.3) is 11.0 Å². The number of alkyl halides is 3. The van der Waals surface area contributed by atoms with Gasteiger partial charge >= 0.3 is 6.18 Å². The molecule has 1 N–H and O–H groups in total. The molecule has 0 unspecified atom stereocenters. The fourth-order valence-electron chi connectivity index (χ4n) is 2.65. The molecule has 2 aromatic carbocycles. The average molecular weight is 369 g/mol. The second kappa shape index (κ2) is 6.44. The van der Waals surface area contributed by atoms with E-state index < -0.39 is 35.8 Å². The highest BCUT2D eigenvalue weighted by Crippen LogP contribution is 2.33. The molecule has 0 radical (unpaired) electrons. The minimum atomic E-state index is -4.76. The van der Waals surface area contributed by atoms with E-state index in [1.807, 2.05) is 0 Å². The van der Waals surface area contributed by atoms with Gasteiger partial charge in [0.15, 0.2) is 17.2 Å². The number of para-hydroxylation sites is 1. The summed E-state index contributed by atoms with van der Waals surface area (Å²) in [5, 5.41) is 2.69. The monoisotopic (exact) mass is 369 g/mol. The van der Waals surface area contributed by atoms with Crippen LogP contribution in [0.1, 0.15) is 27.2 Å². The van der Waals surface area contributed by atoms with E-state index >= 15 is 0 Å². The third-order valence-corrected chi connectivity index (χ3v) is 3.94. The lowest BCUT2D eigenvalue weighted by Crippen LogP contribution is -2.24. The van der Waals surface area contributed by atoms with Crippen molar-refractivity contribution in [3.05, 3.63) is 70.5 Å². The molecule has 1 amide bonds. The third kappa shape index (κ3) is 3.26. The maximum absolute atomic E-state index is 13.7. The molecule has 3 nitrogen and oxygen atoms in total. The van der Waals surface area contributed by atoms with Crippen molar-refractivity contribution in [3.63, 3.8) is 0 Å². The molecule has 0 saturated heterocycles. The summed E-state index contributed by atoms with van der Waals surface area (Å²) in [6.07, 6.45) is -4.76. The topological polar surface area (TPSA) is 42.2 Å². The van der Waals surface area contributed by atoms with E-state index in [-0.39, 0.29) is 16.9 Å². The number of furan rings is 1. The molecule has 0 saturated carbocycles. The third-order valence-electron chi connectivity index (χ3n) is 3.94. The van der Waals surface area contributed by atoms with Crippen molar-refractivity contribution in [2.24, 2.45) is 0 Å². The summed E-state index contributed by atoms with van der Waals surface area (Å²) in [6.45, 7) is 1.05. The first-order valence-electron chi connectivity index (χ1n) is 7.50. The first-order valence-corrected chi connectivity index (χ1v) is 7.50. The number of amides is 1. The van der Waals surface area contributed by atoms with E-state index in [2.05, 4.69) is 5.32 Å². The predicted molar refractivity (Wildman–Crippen MR) is 83.5 cm³/mol. The highest BCUT2D eigenvalue weighted by molar-refractivity contribution is 5.99. The highest BCUT2D eigenvalue weighted by atomic mass is 19.4. The fraction of sp³-hybridized carbons (Fsp3) is 0.167. The van der Waals surface area contributed by atoms with Crippen molar-refractivity contribution in [1.82, 2.24) is 5.32 Å². The van der Waals surface area contributed by atoms with Crippen molar-refractivity contribution >= 4 is 16.9 Å². The van der Waals surface area contributed by atoms with E-state index in [0.29, 0.717) is 17.0 Å². The Kier molecular flexibility index (Phi) is 4.43. The maximum atomic E-state index is 13.7. The second-order valence-electron chi connectivity index (χ2n) is 5.65. The van der Waals surface area contributed by atoms with Crippen molar-refractivity contribution in [3.8, 4) is 0 Å². The Morgan fingerprint density at radius 1 is 1.15 bits per heavy atom. The van der Waals surface area contributed by atoms with Crippen LogP contribution in [0.15, 0.2) is 40.8 Å². The highest BCUT2D eigenvalue weighted by Gasteiger charge is 2.34. The number of halogens is 5. The van der Waals surface area contributed by atoms with Crippen LogP contribution in [0.2, 0.25) is 0 Å². The average Bonchev–Trinajstić information content (AvgIpc) is 2.91. The van der Waals surface area contributed by atoms with Crippen LogP contribution in [0.5, 0.6) is 0 Å². The van der Waals surface area contributed by atoms with Crippen LogP contribution >= 0.6 is 0 Å². The molecule has 26 heavy (non-hydrogen) atoms. The number of carbonyl (C=O) groups is 1. The van der Waals surface area contributed by atoms with Gasteiger partial charge in [0.2, 0.25) is 0 Å². The van der Waals surface area contributed by atoms with Crippen LogP contribution in [-0.4, -0.2) is 5.91 Å². The molecule has 3 aromatic rings. The summed E-state index contributed by atoms with van der Waals surface area (Å²) >= 11 is 0. The van der Waals surface area contributed by atoms with Gasteiger partial charge in [0.05, 0.1) is 5.56 Å². The zero-order valence-corrected chi connectivity index (χ0v) is 13.4. The van der Waals surface area contributed by atoms with E-state index in [9.17, 15) is 26.7 Å². The van der Waals surface area contributed by atoms with Crippen LogP contribution in [0.3, 0.4) is 0 Å². The number of hydrogen-bond donors (Lipinski definition) is 1. The molecular weight excluding hydrogens is 357 g/mol. The Hall–Kier alpha value is -2.90. The lowest BCUT2D eigenvalue weighted by atomic mass is 10.1. The second-order valence-corrected chi connectivity index (χ2v) is 5.65. The summed E-state index contributed by atoms with van der Waals surface area (Å²) in [6, 6.07) is 6.37. The zero-order valence-electron chi connectivity index (χ0n) is 13.4. The molecule has 0 spiro atoms. The van der Waals surface area contributed by atoms with E-state index in [4.69, 9.17) is 4.42 Å². The Morgan fingerprint density at radius 3 is 2.54 bits per heavy atom. The minimum absolute atomic E-state index is 0.104. The summed E-state index contributed by atoms with van der Waals surface area (Å²) in [5.74, 6) is -2.67. The molecule has 0 fully saturated rings. The number of aryl methyl sites for hydroxylation is 1. The smallest absolute Gasteiger partial charge is 0.416 e. The van der Waals surface area contributed by atoms with Gasteiger partial charge in [-0.15, -0.1) is 0 Å². The van der Waals surface area contributed by atoms with Gasteiger partial charge in [-0.05, 0) is 30.7 Å².